The molecule has 5 nitrogen and oxygen atoms in total. The summed E-state index contributed by atoms with van der Waals surface area (Å²) in [6.07, 6.45) is 5.92. The number of benzene rings is 1. The van der Waals surface area contributed by atoms with Crippen molar-refractivity contribution in [2.24, 2.45) is 0 Å². The molecule has 0 heterocycles. The lowest BCUT2D eigenvalue weighted by molar-refractivity contribution is 0.162. The van der Waals surface area contributed by atoms with Gasteiger partial charge in [0.1, 0.15) is 18.2 Å². The average Bonchev–Trinajstić information content (AvgIpc) is 2.45. The number of anilines is 1. The number of carbonyl (C=O) groups excluding carboxylic acids is 1. The molecular weight excluding hydrogens is 275 g/mol. The SMILES string of the molecule is C#CCOc1cc(F)ccc1NC(=O)NCC(O)CCC. The maximum atomic E-state index is 13.2. The van der Waals surface area contributed by atoms with Gasteiger partial charge < -0.3 is 20.5 Å². The summed E-state index contributed by atoms with van der Waals surface area (Å²) in [6.45, 7) is 2.05. The summed E-state index contributed by atoms with van der Waals surface area (Å²) in [5.74, 6) is 1.92. The molecule has 0 bridgehead atoms. The third-order valence-electron chi connectivity index (χ3n) is 2.62. The highest BCUT2D eigenvalue weighted by atomic mass is 19.1. The number of hydrogen-bond donors (Lipinski definition) is 3. The van der Waals surface area contributed by atoms with Crippen LogP contribution in [0.15, 0.2) is 18.2 Å². The molecule has 1 aromatic rings. The van der Waals surface area contributed by atoms with Gasteiger partial charge in [0, 0.05) is 12.6 Å². The Morgan fingerprint density at radius 3 is 3.00 bits per heavy atom. The molecule has 6 heteroatoms. The van der Waals surface area contributed by atoms with Gasteiger partial charge in [-0.25, -0.2) is 9.18 Å². The van der Waals surface area contributed by atoms with E-state index >= 15 is 0 Å². The summed E-state index contributed by atoms with van der Waals surface area (Å²) in [4.78, 5) is 11.7. The number of halogens is 1. The van der Waals surface area contributed by atoms with Gasteiger partial charge >= 0.3 is 6.03 Å². The first-order valence-corrected chi connectivity index (χ1v) is 6.65. The summed E-state index contributed by atoms with van der Waals surface area (Å²) >= 11 is 0. The molecular formula is C15H19FN2O3. The molecule has 0 aliphatic heterocycles. The van der Waals surface area contributed by atoms with Crippen molar-refractivity contribution in [3.05, 3.63) is 24.0 Å². The van der Waals surface area contributed by atoms with E-state index in [4.69, 9.17) is 11.2 Å². The van der Waals surface area contributed by atoms with Crippen LogP contribution in [0, 0.1) is 18.2 Å². The number of aliphatic hydroxyl groups excluding tert-OH is 1. The standard InChI is InChI=1S/C15H19FN2O3/c1-3-5-12(19)10-17-15(20)18-13-7-6-11(16)9-14(13)21-8-4-2/h2,6-7,9,12,19H,3,5,8,10H2,1H3,(H2,17,18,20). The minimum atomic E-state index is -0.592. The quantitative estimate of drug-likeness (QED) is 0.675. The van der Waals surface area contributed by atoms with E-state index < -0.39 is 18.0 Å². The summed E-state index contributed by atoms with van der Waals surface area (Å²) in [5, 5.41) is 14.6. The Bertz CT molecular complexity index is 514. The van der Waals surface area contributed by atoms with E-state index in [2.05, 4.69) is 16.6 Å². The van der Waals surface area contributed by atoms with Crippen LogP contribution in [0.2, 0.25) is 0 Å². The number of terminal acetylenes is 1. The van der Waals surface area contributed by atoms with Gasteiger partial charge in [-0.15, -0.1) is 6.42 Å². The second kappa shape index (κ2) is 8.82. The van der Waals surface area contributed by atoms with Gasteiger partial charge in [-0.2, -0.15) is 0 Å². The summed E-state index contributed by atoms with van der Waals surface area (Å²) in [7, 11) is 0. The van der Waals surface area contributed by atoms with Crippen LogP contribution in [-0.2, 0) is 0 Å². The van der Waals surface area contributed by atoms with Crippen molar-refractivity contribution in [1.29, 1.82) is 0 Å². The van der Waals surface area contributed by atoms with Crippen LogP contribution >= 0.6 is 0 Å². The number of nitrogens with one attached hydrogen (secondary N) is 2. The number of urea groups is 1. The van der Waals surface area contributed by atoms with E-state index in [9.17, 15) is 14.3 Å². The van der Waals surface area contributed by atoms with Crippen molar-refractivity contribution in [2.45, 2.75) is 25.9 Å². The molecule has 0 aromatic heterocycles. The minimum absolute atomic E-state index is 0.0328. The molecule has 1 atom stereocenters. The van der Waals surface area contributed by atoms with Gasteiger partial charge in [0.05, 0.1) is 11.8 Å². The maximum absolute atomic E-state index is 13.2. The number of rotatable bonds is 7. The molecule has 0 fully saturated rings. The molecule has 0 radical (unpaired) electrons. The van der Waals surface area contributed by atoms with Gasteiger partial charge in [0.15, 0.2) is 0 Å². The number of carbonyl (C=O) groups is 1. The van der Waals surface area contributed by atoms with E-state index in [0.717, 1.165) is 12.5 Å². The van der Waals surface area contributed by atoms with E-state index in [0.29, 0.717) is 12.1 Å². The Kier molecular flexibility index (Phi) is 7.05. The Labute approximate surface area is 123 Å². The highest BCUT2D eigenvalue weighted by molar-refractivity contribution is 5.90. The smallest absolute Gasteiger partial charge is 0.319 e. The summed E-state index contributed by atoms with van der Waals surface area (Å²) in [6, 6.07) is 3.20. The van der Waals surface area contributed by atoms with Crippen molar-refractivity contribution in [1.82, 2.24) is 5.32 Å². The number of aliphatic hydroxyl groups is 1. The molecule has 0 aliphatic carbocycles. The highest BCUT2D eigenvalue weighted by Crippen LogP contribution is 2.25. The zero-order chi connectivity index (χ0) is 15.7. The first-order valence-electron chi connectivity index (χ1n) is 6.65. The van der Waals surface area contributed by atoms with E-state index in [-0.39, 0.29) is 18.9 Å². The third-order valence-corrected chi connectivity index (χ3v) is 2.62. The van der Waals surface area contributed by atoms with Crippen LogP contribution in [0.4, 0.5) is 14.9 Å². The topological polar surface area (TPSA) is 70.6 Å². The van der Waals surface area contributed by atoms with Gasteiger partial charge in [0.2, 0.25) is 0 Å². The van der Waals surface area contributed by atoms with Crippen LogP contribution in [-0.4, -0.2) is 30.4 Å². The second-order valence-corrected chi connectivity index (χ2v) is 4.41. The predicted octanol–water partition coefficient (Wildman–Crippen LogP) is 2.12. The maximum Gasteiger partial charge on any atom is 0.319 e. The Balaban J connectivity index is 2.60. The number of ether oxygens (including phenoxy) is 1. The van der Waals surface area contributed by atoms with Crippen molar-refractivity contribution in [3.8, 4) is 18.1 Å². The first kappa shape index (κ1) is 16.8. The van der Waals surface area contributed by atoms with Crippen LogP contribution in [0.5, 0.6) is 5.75 Å². The summed E-state index contributed by atoms with van der Waals surface area (Å²) < 4.78 is 18.3. The molecule has 1 rings (SSSR count). The van der Waals surface area contributed by atoms with Crippen molar-refractivity contribution in [3.63, 3.8) is 0 Å². The molecule has 0 spiro atoms. The lowest BCUT2D eigenvalue weighted by atomic mass is 10.2. The molecule has 0 saturated heterocycles. The molecule has 3 N–H and O–H groups in total. The van der Waals surface area contributed by atoms with E-state index in [1.807, 2.05) is 6.92 Å². The van der Waals surface area contributed by atoms with Gasteiger partial charge in [0.25, 0.3) is 0 Å². The van der Waals surface area contributed by atoms with Crippen LogP contribution in [0.1, 0.15) is 19.8 Å². The molecule has 1 aromatic carbocycles. The molecule has 0 saturated carbocycles. The van der Waals surface area contributed by atoms with Crippen molar-refractivity contribution >= 4 is 11.7 Å². The minimum Gasteiger partial charge on any atom is -0.479 e. The Morgan fingerprint density at radius 1 is 1.57 bits per heavy atom. The lowest BCUT2D eigenvalue weighted by Crippen LogP contribution is -2.35. The fraction of sp³-hybridized carbons (Fsp3) is 0.400. The third kappa shape index (κ3) is 6.15. The van der Waals surface area contributed by atoms with Gasteiger partial charge in [-0.1, -0.05) is 19.3 Å². The van der Waals surface area contributed by atoms with Gasteiger partial charge in [-0.3, -0.25) is 0 Å². The molecule has 0 aliphatic rings. The second-order valence-electron chi connectivity index (χ2n) is 4.41. The first-order chi connectivity index (χ1) is 10.1. The fourth-order valence-corrected chi connectivity index (χ4v) is 1.65. The zero-order valence-corrected chi connectivity index (χ0v) is 11.9. The molecule has 1 unspecified atom stereocenters. The Hall–Kier alpha value is -2.26. The molecule has 2 amide bonds. The predicted molar refractivity (Wildman–Crippen MR) is 78.7 cm³/mol. The molecule has 21 heavy (non-hydrogen) atoms. The number of amides is 2. The largest absolute Gasteiger partial charge is 0.479 e. The number of hydrogen-bond acceptors (Lipinski definition) is 3. The normalized spacial score (nSPS) is 11.3. The van der Waals surface area contributed by atoms with Crippen LogP contribution < -0.4 is 15.4 Å². The van der Waals surface area contributed by atoms with Crippen LogP contribution in [0.3, 0.4) is 0 Å². The summed E-state index contributed by atoms with van der Waals surface area (Å²) in [5.41, 5.74) is 0.300. The fourth-order valence-electron chi connectivity index (χ4n) is 1.65. The van der Waals surface area contributed by atoms with Crippen molar-refractivity contribution in [2.75, 3.05) is 18.5 Å². The van der Waals surface area contributed by atoms with E-state index in [1.165, 1.54) is 12.1 Å². The van der Waals surface area contributed by atoms with Crippen molar-refractivity contribution < 1.29 is 19.0 Å². The Morgan fingerprint density at radius 2 is 2.33 bits per heavy atom. The lowest BCUT2D eigenvalue weighted by Gasteiger charge is -2.14. The zero-order valence-electron chi connectivity index (χ0n) is 11.9. The molecule has 114 valence electrons. The average molecular weight is 294 g/mol. The van der Waals surface area contributed by atoms with E-state index in [1.54, 1.807) is 0 Å². The van der Waals surface area contributed by atoms with Crippen LogP contribution in [0.25, 0.3) is 0 Å². The monoisotopic (exact) mass is 294 g/mol. The highest BCUT2D eigenvalue weighted by Gasteiger charge is 2.10. The van der Waals surface area contributed by atoms with Gasteiger partial charge in [-0.05, 0) is 18.6 Å².